The van der Waals surface area contributed by atoms with Crippen molar-refractivity contribution < 1.29 is 13.2 Å². The van der Waals surface area contributed by atoms with E-state index in [1.165, 1.54) is 26.2 Å². The third kappa shape index (κ3) is 4.80. The minimum absolute atomic E-state index is 0.178. The molecule has 3 N–H and O–H groups in total. The summed E-state index contributed by atoms with van der Waals surface area (Å²) in [5.41, 5.74) is 6.32. The molecule has 0 aliphatic carbocycles. The molecule has 1 amide bonds. The highest BCUT2D eigenvalue weighted by molar-refractivity contribution is 7.89. The summed E-state index contributed by atoms with van der Waals surface area (Å²) >= 11 is 0. The number of nitrogens with one attached hydrogen (secondary N) is 1. The van der Waals surface area contributed by atoms with Gasteiger partial charge in [0.05, 0.1) is 10.9 Å². The monoisotopic (exact) mass is 313 g/mol. The number of carbonyl (C=O) groups excluding carboxylic acids is 1. The third-order valence-electron chi connectivity index (χ3n) is 2.96. The molecule has 0 saturated heterocycles. The van der Waals surface area contributed by atoms with Gasteiger partial charge in [-0.2, -0.15) is 0 Å². The number of sulfonamides is 1. The first-order valence-electron chi connectivity index (χ1n) is 6.73. The molecule has 7 heteroatoms. The number of nitrogens with two attached hydrogens (primary N) is 1. The molecule has 1 unspecified atom stereocenters. The molecule has 0 fully saturated rings. The number of nitrogens with zero attached hydrogens (tertiary/aromatic N) is 1. The summed E-state index contributed by atoms with van der Waals surface area (Å²) in [6.45, 7) is 3.99. The molecule has 1 aromatic rings. The minimum Gasteiger partial charge on any atom is -0.325 e. The number of anilines is 1. The van der Waals surface area contributed by atoms with Gasteiger partial charge in [0, 0.05) is 19.8 Å². The summed E-state index contributed by atoms with van der Waals surface area (Å²) in [5.74, 6) is 0.0604. The van der Waals surface area contributed by atoms with E-state index in [2.05, 4.69) is 5.32 Å². The van der Waals surface area contributed by atoms with E-state index in [1.54, 1.807) is 12.1 Å². The highest BCUT2D eigenvalue weighted by Crippen LogP contribution is 2.17. The van der Waals surface area contributed by atoms with Crippen LogP contribution in [0.15, 0.2) is 29.2 Å². The zero-order valence-corrected chi connectivity index (χ0v) is 13.6. The number of hydrogen-bond donors (Lipinski definition) is 2. The fourth-order valence-electron chi connectivity index (χ4n) is 1.77. The molecule has 1 aromatic carbocycles. The van der Waals surface area contributed by atoms with Gasteiger partial charge in [0.2, 0.25) is 15.9 Å². The van der Waals surface area contributed by atoms with Crippen molar-refractivity contribution >= 4 is 21.6 Å². The lowest BCUT2D eigenvalue weighted by Crippen LogP contribution is -2.36. The fraction of sp³-hybridized carbons (Fsp3) is 0.500. The summed E-state index contributed by atoms with van der Waals surface area (Å²) in [6.07, 6.45) is 0.596. The standard InChI is InChI=1S/C14H23N3O3S/c1-10(2)9-13(15)14(18)16-11-5-7-12(8-6-11)21(19,20)17(3)4/h5-8,10,13H,9,15H2,1-4H3,(H,16,18). The van der Waals surface area contributed by atoms with Crippen molar-refractivity contribution in [1.82, 2.24) is 4.31 Å². The molecular formula is C14H23N3O3S. The van der Waals surface area contributed by atoms with E-state index in [4.69, 9.17) is 5.73 Å². The summed E-state index contributed by atoms with van der Waals surface area (Å²) in [6, 6.07) is 5.44. The first-order chi connectivity index (χ1) is 9.64. The predicted molar refractivity (Wildman–Crippen MR) is 83.4 cm³/mol. The summed E-state index contributed by atoms with van der Waals surface area (Å²) in [7, 11) is -0.522. The molecule has 0 saturated carbocycles. The number of benzene rings is 1. The first kappa shape index (κ1) is 17.6. The van der Waals surface area contributed by atoms with Crippen molar-refractivity contribution in [1.29, 1.82) is 0 Å². The van der Waals surface area contributed by atoms with Crippen molar-refractivity contribution in [3.63, 3.8) is 0 Å². The predicted octanol–water partition coefficient (Wildman–Crippen LogP) is 1.25. The van der Waals surface area contributed by atoms with Crippen LogP contribution < -0.4 is 11.1 Å². The molecular weight excluding hydrogens is 290 g/mol. The molecule has 1 rings (SSSR count). The Morgan fingerprint density at radius 1 is 1.24 bits per heavy atom. The molecule has 0 heterocycles. The van der Waals surface area contributed by atoms with Gasteiger partial charge >= 0.3 is 0 Å². The molecule has 6 nitrogen and oxygen atoms in total. The molecule has 0 spiro atoms. The maximum Gasteiger partial charge on any atom is 0.242 e. The van der Waals surface area contributed by atoms with Gasteiger partial charge in [-0.3, -0.25) is 4.79 Å². The quantitative estimate of drug-likeness (QED) is 0.826. The second-order valence-electron chi connectivity index (χ2n) is 5.54. The Morgan fingerprint density at radius 3 is 2.19 bits per heavy atom. The zero-order chi connectivity index (χ0) is 16.2. The van der Waals surface area contributed by atoms with Gasteiger partial charge in [-0.05, 0) is 36.6 Å². The van der Waals surface area contributed by atoms with Crippen LogP contribution in [0.5, 0.6) is 0 Å². The number of carbonyl (C=O) groups is 1. The maximum atomic E-state index is 11.9. The SMILES string of the molecule is CC(C)CC(N)C(=O)Nc1ccc(S(=O)(=O)N(C)C)cc1. The van der Waals surface area contributed by atoms with Crippen LogP contribution in [0.4, 0.5) is 5.69 Å². The van der Waals surface area contributed by atoms with Crippen LogP contribution in [0, 0.1) is 5.92 Å². The second kappa shape index (κ2) is 7.02. The van der Waals surface area contributed by atoms with E-state index < -0.39 is 16.1 Å². The third-order valence-corrected chi connectivity index (χ3v) is 4.79. The van der Waals surface area contributed by atoms with Crippen molar-refractivity contribution in [2.45, 2.75) is 31.2 Å². The van der Waals surface area contributed by atoms with E-state index in [-0.39, 0.29) is 10.8 Å². The van der Waals surface area contributed by atoms with Crippen molar-refractivity contribution in [2.24, 2.45) is 11.7 Å². The zero-order valence-electron chi connectivity index (χ0n) is 12.8. The summed E-state index contributed by atoms with van der Waals surface area (Å²) < 4.78 is 25.0. The Labute approximate surface area is 126 Å². The van der Waals surface area contributed by atoms with Crippen LogP contribution in [0.25, 0.3) is 0 Å². The van der Waals surface area contributed by atoms with E-state index in [0.717, 1.165) is 4.31 Å². The molecule has 0 bridgehead atoms. The molecule has 0 aliphatic heterocycles. The minimum atomic E-state index is -3.46. The fourth-order valence-corrected chi connectivity index (χ4v) is 2.67. The van der Waals surface area contributed by atoms with E-state index in [1.807, 2.05) is 13.8 Å². The first-order valence-corrected chi connectivity index (χ1v) is 8.17. The van der Waals surface area contributed by atoms with Gasteiger partial charge in [0.25, 0.3) is 0 Å². The van der Waals surface area contributed by atoms with E-state index >= 15 is 0 Å². The lowest BCUT2D eigenvalue weighted by molar-refractivity contribution is -0.117. The Balaban J connectivity index is 2.78. The normalized spacial score (nSPS) is 13.5. The van der Waals surface area contributed by atoms with Gasteiger partial charge in [0.15, 0.2) is 0 Å². The Morgan fingerprint density at radius 2 is 1.76 bits per heavy atom. The van der Waals surface area contributed by atoms with Crippen molar-refractivity contribution in [3.05, 3.63) is 24.3 Å². The summed E-state index contributed by atoms with van der Waals surface area (Å²) in [5, 5.41) is 2.68. The topological polar surface area (TPSA) is 92.5 Å². The second-order valence-corrected chi connectivity index (χ2v) is 7.69. The Kier molecular flexibility index (Phi) is 5.88. The van der Waals surface area contributed by atoms with Gasteiger partial charge in [0.1, 0.15) is 0 Å². The maximum absolute atomic E-state index is 11.9. The highest BCUT2D eigenvalue weighted by atomic mass is 32.2. The number of amides is 1. The molecule has 118 valence electrons. The van der Waals surface area contributed by atoms with Crippen LogP contribution in [0.3, 0.4) is 0 Å². The van der Waals surface area contributed by atoms with Crippen LogP contribution in [-0.2, 0) is 14.8 Å². The van der Waals surface area contributed by atoms with Gasteiger partial charge < -0.3 is 11.1 Å². The molecule has 0 aliphatic rings. The molecule has 0 aromatic heterocycles. The molecule has 1 atom stereocenters. The van der Waals surface area contributed by atoms with Crippen LogP contribution in [0.2, 0.25) is 0 Å². The highest BCUT2D eigenvalue weighted by Gasteiger charge is 2.18. The average Bonchev–Trinajstić information content (AvgIpc) is 2.38. The van der Waals surface area contributed by atoms with Gasteiger partial charge in [-0.15, -0.1) is 0 Å². The largest absolute Gasteiger partial charge is 0.325 e. The molecule has 21 heavy (non-hydrogen) atoms. The molecule has 0 radical (unpaired) electrons. The number of hydrogen-bond acceptors (Lipinski definition) is 4. The smallest absolute Gasteiger partial charge is 0.242 e. The summed E-state index contributed by atoms with van der Waals surface area (Å²) in [4.78, 5) is 12.1. The van der Waals surface area contributed by atoms with Gasteiger partial charge in [-0.25, -0.2) is 12.7 Å². The van der Waals surface area contributed by atoms with Crippen molar-refractivity contribution in [2.75, 3.05) is 19.4 Å². The average molecular weight is 313 g/mol. The lowest BCUT2D eigenvalue weighted by Gasteiger charge is -2.15. The van der Waals surface area contributed by atoms with E-state index in [0.29, 0.717) is 18.0 Å². The Hall–Kier alpha value is -1.44. The van der Waals surface area contributed by atoms with Crippen LogP contribution in [-0.4, -0.2) is 38.8 Å². The van der Waals surface area contributed by atoms with E-state index in [9.17, 15) is 13.2 Å². The van der Waals surface area contributed by atoms with Crippen LogP contribution in [0.1, 0.15) is 20.3 Å². The lowest BCUT2D eigenvalue weighted by atomic mass is 10.0. The van der Waals surface area contributed by atoms with Gasteiger partial charge in [-0.1, -0.05) is 13.8 Å². The van der Waals surface area contributed by atoms with Crippen LogP contribution >= 0.6 is 0 Å². The van der Waals surface area contributed by atoms with Crippen molar-refractivity contribution in [3.8, 4) is 0 Å². The Bertz CT molecular complexity index is 580. The number of rotatable bonds is 6.